The molecule has 2 aliphatic heterocycles. The molecule has 0 spiro atoms. The number of hydrogen-bond donors (Lipinski definition) is 3. The maximum Gasteiger partial charge on any atom is 0.327 e. The summed E-state index contributed by atoms with van der Waals surface area (Å²) in [7, 11) is -3.87. The molecule has 146 valence electrons. The molecular formula is C16H19N3O6S2. The number of carboxylic acid groups (broad SMARTS) is 1. The maximum absolute atomic E-state index is 12.7. The lowest BCUT2D eigenvalue weighted by atomic mass is 9.86. The fourth-order valence-electron chi connectivity index (χ4n) is 3.44. The molecule has 3 atom stereocenters. The first-order chi connectivity index (χ1) is 12.3. The van der Waals surface area contributed by atoms with Crippen molar-refractivity contribution in [2.75, 3.05) is 0 Å². The SMILES string of the molecule is CC1(C)S[C@H]2N(C(=O)C2(C)NC(=O)c2ccc(S(N)(=O)=O)cc2)[C@H]1C(=O)O. The molecule has 2 fully saturated rings. The van der Waals surface area contributed by atoms with Crippen molar-refractivity contribution >= 4 is 39.6 Å². The van der Waals surface area contributed by atoms with Gasteiger partial charge in [-0.1, -0.05) is 0 Å². The number of amides is 2. The number of nitrogens with zero attached hydrogens (tertiary/aromatic N) is 1. The normalized spacial score (nSPS) is 29.0. The highest BCUT2D eigenvalue weighted by Crippen LogP contribution is 2.54. The number of benzene rings is 1. The van der Waals surface area contributed by atoms with Gasteiger partial charge in [0.25, 0.3) is 11.8 Å². The number of sulfonamides is 1. The molecule has 0 bridgehead atoms. The number of carboxylic acids is 1. The van der Waals surface area contributed by atoms with Gasteiger partial charge in [0.05, 0.1) is 4.90 Å². The van der Waals surface area contributed by atoms with Crippen molar-refractivity contribution in [3.05, 3.63) is 29.8 Å². The number of rotatable bonds is 4. The number of primary sulfonamides is 1. The molecule has 2 aliphatic rings. The zero-order valence-corrected chi connectivity index (χ0v) is 16.4. The van der Waals surface area contributed by atoms with E-state index in [4.69, 9.17) is 5.14 Å². The van der Waals surface area contributed by atoms with Crippen molar-refractivity contribution in [1.29, 1.82) is 0 Å². The molecule has 1 aromatic rings. The number of β-lactam (4-membered cyclic amide) rings is 1. The zero-order valence-electron chi connectivity index (χ0n) is 14.8. The number of aliphatic carboxylic acids is 1. The van der Waals surface area contributed by atoms with E-state index >= 15 is 0 Å². The number of carbonyl (C=O) groups excluding carboxylic acids is 2. The maximum atomic E-state index is 12.7. The monoisotopic (exact) mass is 413 g/mol. The van der Waals surface area contributed by atoms with E-state index in [9.17, 15) is 27.9 Å². The summed E-state index contributed by atoms with van der Waals surface area (Å²) < 4.78 is 21.9. The lowest BCUT2D eigenvalue weighted by Gasteiger charge is -2.51. The van der Waals surface area contributed by atoms with Crippen LogP contribution < -0.4 is 10.5 Å². The number of fused-ring (bicyclic) bond motifs is 1. The average Bonchev–Trinajstić information content (AvgIpc) is 2.83. The second kappa shape index (κ2) is 5.94. The first kappa shape index (κ1) is 19.6. The lowest BCUT2D eigenvalue weighted by molar-refractivity contribution is -0.165. The molecule has 0 saturated carbocycles. The van der Waals surface area contributed by atoms with Crippen LogP contribution in [0.15, 0.2) is 29.2 Å². The van der Waals surface area contributed by atoms with E-state index < -0.39 is 49.5 Å². The van der Waals surface area contributed by atoms with Crippen molar-refractivity contribution in [3.63, 3.8) is 0 Å². The number of hydrogen-bond acceptors (Lipinski definition) is 6. The summed E-state index contributed by atoms with van der Waals surface area (Å²) in [4.78, 5) is 37.9. The van der Waals surface area contributed by atoms with Crippen LogP contribution in [-0.2, 0) is 19.6 Å². The molecule has 0 radical (unpaired) electrons. The van der Waals surface area contributed by atoms with Crippen LogP contribution in [0.1, 0.15) is 31.1 Å². The van der Waals surface area contributed by atoms with Gasteiger partial charge in [0, 0.05) is 10.3 Å². The quantitative estimate of drug-likeness (QED) is 0.587. The number of thioether (sulfide) groups is 1. The molecule has 2 saturated heterocycles. The van der Waals surface area contributed by atoms with E-state index in [1.165, 1.54) is 40.9 Å². The summed E-state index contributed by atoms with van der Waals surface area (Å²) in [5.41, 5.74) is -1.09. The Kier molecular flexibility index (Phi) is 4.32. The van der Waals surface area contributed by atoms with Gasteiger partial charge >= 0.3 is 5.97 Å². The summed E-state index contributed by atoms with van der Waals surface area (Å²) in [6.45, 7) is 5.05. The van der Waals surface area contributed by atoms with Crippen LogP contribution in [0.25, 0.3) is 0 Å². The standard InChI is InChI=1S/C16H19N3O6S2/c1-15(2)10(12(21)22)19-13(23)16(3,14(19)26-15)18-11(20)8-4-6-9(7-5-8)27(17,24)25/h4-7,10,14H,1-3H3,(H,18,20)(H,21,22)(H2,17,24,25)/t10-,14+,16?/m0/s1. The van der Waals surface area contributed by atoms with Gasteiger partial charge in [0.2, 0.25) is 10.0 Å². The van der Waals surface area contributed by atoms with Gasteiger partial charge in [-0.25, -0.2) is 18.4 Å². The number of nitrogens with one attached hydrogen (secondary N) is 1. The second-order valence-corrected chi connectivity index (χ2v) is 10.5. The summed E-state index contributed by atoms with van der Waals surface area (Å²) in [6, 6.07) is 4.03. The van der Waals surface area contributed by atoms with E-state index in [2.05, 4.69) is 5.32 Å². The van der Waals surface area contributed by atoms with E-state index in [1.54, 1.807) is 20.8 Å². The molecule has 0 aromatic heterocycles. The van der Waals surface area contributed by atoms with Gasteiger partial charge in [-0.05, 0) is 45.0 Å². The Hall–Kier alpha value is -2.11. The van der Waals surface area contributed by atoms with Gasteiger partial charge < -0.3 is 15.3 Å². The molecule has 1 unspecified atom stereocenters. The predicted molar refractivity (Wildman–Crippen MR) is 97.4 cm³/mol. The Morgan fingerprint density at radius 3 is 2.26 bits per heavy atom. The largest absolute Gasteiger partial charge is 0.480 e. The summed E-state index contributed by atoms with van der Waals surface area (Å²) in [5, 5.41) is 16.6. The van der Waals surface area contributed by atoms with Gasteiger partial charge in [0.15, 0.2) is 0 Å². The highest BCUT2D eigenvalue weighted by Gasteiger charge is 2.70. The molecule has 1 aromatic carbocycles. The average molecular weight is 413 g/mol. The Bertz CT molecular complexity index is 943. The molecule has 2 amide bonds. The Balaban J connectivity index is 1.81. The first-order valence-electron chi connectivity index (χ1n) is 7.98. The molecule has 27 heavy (non-hydrogen) atoms. The van der Waals surface area contributed by atoms with Crippen molar-refractivity contribution in [2.45, 2.75) is 47.4 Å². The van der Waals surface area contributed by atoms with Gasteiger partial charge in [-0.3, -0.25) is 9.59 Å². The molecule has 11 heteroatoms. The Morgan fingerprint density at radius 1 is 1.22 bits per heavy atom. The molecule has 9 nitrogen and oxygen atoms in total. The summed E-state index contributed by atoms with van der Waals surface area (Å²) in [5.74, 6) is -2.12. The fraction of sp³-hybridized carbons (Fsp3) is 0.438. The highest BCUT2D eigenvalue weighted by molar-refractivity contribution is 8.01. The minimum absolute atomic E-state index is 0.131. The van der Waals surface area contributed by atoms with E-state index in [1.807, 2.05) is 0 Å². The third-order valence-corrected chi connectivity index (χ3v) is 7.51. The van der Waals surface area contributed by atoms with Crippen molar-refractivity contribution in [3.8, 4) is 0 Å². The minimum atomic E-state index is -3.87. The van der Waals surface area contributed by atoms with Crippen molar-refractivity contribution < 1.29 is 27.9 Å². The Labute approximate surface area is 160 Å². The predicted octanol–water partition coefficient (Wildman–Crippen LogP) is -0.0306. The topological polar surface area (TPSA) is 147 Å². The van der Waals surface area contributed by atoms with Crippen LogP contribution in [0.2, 0.25) is 0 Å². The molecular weight excluding hydrogens is 394 g/mol. The lowest BCUT2D eigenvalue weighted by Crippen LogP contribution is -2.78. The van der Waals surface area contributed by atoms with Crippen molar-refractivity contribution in [1.82, 2.24) is 10.2 Å². The fourth-order valence-corrected chi connectivity index (χ4v) is 5.60. The first-order valence-corrected chi connectivity index (χ1v) is 10.4. The molecule has 2 heterocycles. The number of nitrogens with two attached hydrogens (primary N) is 1. The van der Waals surface area contributed by atoms with Crippen molar-refractivity contribution in [2.24, 2.45) is 5.14 Å². The van der Waals surface area contributed by atoms with Gasteiger partial charge in [-0.2, -0.15) is 0 Å². The molecule has 0 aliphatic carbocycles. The van der Waals surface area contributed by atoms with E-state index in [0.717, 1.165) is 0 Å². The van der Waals surface area contributed by atoms with E-state index in [0.29, 0.717) is 0 Å². The Morgan fingerprint density at radius 2 is 1.78 bits per heavy atom. The van der Waals surface area contributed by atoms with Crippen LogP contribution in [0.4, 0.5) is 0 Å². The number of carbonyl (C=O) groups is 3. The minimum Gasteiger partial charge on any atom is -0.480 e. The third-order valence-electron chi connectivity index (χ3n) is 4.83. The highest BCUT2D eigenvalue weighted by atomic mass is 32.2. The zero-order chi connectivity index (χ0) is 20.4. The summed E-state index contributed by atoms with van der Waals surface area (Å²) in [6.07, 6.45) is 0. The van der Waals surface area contributed by atoms with Gasteiger partial charge in [-0.15, -0.1) is 11.8 Å². The summed E-state index contributed by atoms with van der Waals surface area (Å²) >= 11 is 1.32. The molecule has 3 rings (SSSR count). The van der Waals surface area contributed by atoms with Crippen LogP contribution in [0.5, 0.6) is 0 Å². The van der Waals surface area contributed by atoms with Crippen LogP contribution >= 0.6 is 11.8 Å². The smallest absolute Gasteiger partial charge is 0.327 e. The van der Waals surface area contributed by atoms with E-state index in [-0.39, 0.29) is 10.5 Å². The second-order valence-electron chi connectivity index (χ2n) is 7.25. The third kappa shape index (κ3) is 2.99. The van der Waals surface area contributed by atoms with Crippen LogP contribution in [0, 0.1) is 0 Å². The van der Waals surface area contributed by atoms with Crippen LogP contribution in [0.3, 0.4) is 0 Å². The molecule has 4 N–H and O–H groups in total. The van der Waals surface area contributed by atoms with Gasteiger partial charge in [0.1, 0.15) is 17.0 Å². The van der Waals surface area contributed by atoms with Crippen LogP contribution in [-0.4, -0.2) is 57.9 Å².